The van der Waals surface area contributed by atoms with Crippen LogP contribution in [-0.4, -0.2) is 22.4 Å². The van der Waals surface area contributed by atoms with Gasteiger partial charge in [0.15, 0.2) is 0 Å². The average Bonchev–Trinajstić information content (AvgIpc) is 2.65. The Morgan fingerprint density at radius 1 is 1.23 bits per heavy atom. The van der Waals surface area contributed by atoms with Crippen molar-refractivity contribution in [3.63, 3.8) is 0 Å². The fourth-order valence-electron chi connectivity index (χ4n) is 3.57. The zero-order valence-corrected chi connectivity index (χ0v) is 15.2. The van der Waals surface area contributed by atoms with Crippen LogP contribution in [0.25, 0.3) is 0 Å². The maximum Gasteiger partial charge on any atom is 0.321 e. The minimum absolute atomic E-state index is 0.0283. The second-order valence-corrected chi connectivity index (χ2v) is 7.10. The normalized spacial score (nSPS) is 16.1. The molecule has 1 saturated carbocycles. The van der Waals surface area contributed by atoms with Crippen LogP contribution >= 0.6 is 0 Å². The summed E-state index contributed by atoms with van der Waals surface area (Å²) in [5.41, 5.74) is 7.68. The molecular weight excluding hydrogens is 328 g/mol. The number of hydrogen-bond donors (Lipinski definition) is 2. The third-order valence-corrected chi connectivity index (χ3v) is 5.11. The van der Waals surface area contributed by atoms with E-state index in [0.29, 0.717) is 24.7 Å². The lowest BCUT2D eigenvalue weighted by Gasteiger charge is -2.35. The molecule has 3 rings (SSSR count). The van der Waals surface area contributed by atoms with E-state index in [4.69, 9.17) is 10.5 Å². The Morgan fingerprint density at radius 2 is 1.96 bits per heavy atom. The van der Waals surface area contributed by atoms with E-state index in [-0.39, 0.29) is 11.3 Å². The van der Waals surface area contributed by atoms with E-state index in [2.05, 4.69) is 15.3 Å². The highest BCUT2D eigenvalue weighted by molar-refractivity contribution is 5.92. The molecule has 6 nitrogen and oxygen atoms in total. The Bertz CT molecular complexity index is 743. The van der Waals surface area contributed by atoms with Gasteiger partial charge in [-0.2, -0.15) is 0 Å². The lowest BCUT2D eigenvalue weighted by Crippen LogP contribution is -2.36. The van der Waals surface area contributed by atoms with Gasteiger partial charge in [-0.25, -0.2) is 9.97 Å². The SMILES string of the molecule is Cc1cc(Oc2ncccn2)ccc1NC(=O)CC1(CN)CCCCC1. The fraction of sp³-hybridized carbons (Fsp3) is 0.450. The molecule has 1 aromatic carbocycles. The van der Waals surface area contributed by atoms with E-state index in [1.54, 1.807) is 24.5 Å². The fourth-order valence-corrected chi connectivity index (χ4v) is 3.57. The number of nitrogens with one attached hydrogen (secondary N) is 1. The first kappa shape index (κ1) is 18.3. The van der Waals surface area contributed by atoms with Crippen molar-refractivity contribution < 1.29 is 9.53 Å². The van der Waals surface area contributed by atoms with Crippen molar-refractivity contribution >= 4 is 11.6 Å². The third-order valence-electron chi connectivity index (χ3n) is 5.11. The van der Waals surface area contributed by atoms with Gasteiger partial charge < -0.3 is 15.8 Å². The number of nitrogens with two attached hydrogens (primary N) is 1. The molecule has 0 radical (unpaired) electrons. The molecule has 6 heteroatoms. The summed E-state index contributed by atoms with van der Waals surface area (Å²) >= 11 is 0. The molecule has 138 valence electrons. The number of rotatable bonds is 6. The summed E-state index contributed by atoms with van der Waals surface area (Å²) in [6, 6.07) is 7.55. The maximum absolute atomic E-state index is 12.6. The van der Waals surface area contributed by atoms with E-state index in [0.717, 1.165) is 36.9 Å². The monoisotopic (exact) mass is 354 g/mol. The predicted molar refractivity (Wildman–Crippen MR) is 101 cm³/mol. The Kier molecular flexibility index (Phi) is 5.83. The molecule has 2 aromatic rings. The van der Waals surface area contributed by atoms with Crippen molar-refractivity contribution in [3.8, 4) is 11.8 Å². The largest absolute Gasteiger partial charge is 0.424 e. The van der Waals surface area contributed by atoms with Gasteiger partial charge in [0, 0.05) is 24.5 Å². The van der Waals surface area contributed by atoms with Crippen molar-refractivity contribution in [2.45, 2.75) is 45.4 Å². The smallest absolute Gasteiger partial charge is 0.321 e. The second kappa shape index (κ2) is 8.27. The molecule has 0 unspecified atom stereocenters. The molecular formula is C20H26N4O2. The minimum atomic E-state index is -0.0378. The molecule has 1 aliphatic rings. The van der Waals surface area contributed by atoms with Crippen LogP contribution in [0.2, 0.25) is 0 Å². The molecule has 3 N–H and O–H groups in total. The van der Waals surface area contributed by atoms with E-state index in [1.807, 2.05) is 19.1 Å². The van der Waals surface area contributed by atoms with Crippen molar-refractivity contribution in [2.24, 2.45) is 11.1 Å². The van der Waals surface area contributed by atoms with Crippen LogP contribution < -0.4 is 15.8 Å². The number of carbonyl (C=O) groups excluding carboxylic acids is 1. The second-order valence-electron chi connectivity index (χ2n) is 7.10. The van der Waals surface area contributed by atoms with Gasteiger partial charge >= 0.3 is 6.01 Å². The quantitative estimate of drug-likeness (QED) is 0.823. The van der Waals surface area contributed by atoms with Gasteiger partial charge in [0.2, 0.25) is 5.91 Å². The summed E-state index contributed by atoms with van der Waals surface area (Å²) in [4.78, 5) is 20.6. The van der Waals surface area contributed by atoms with Gasteiger partial charge in [0.1, 0.15) is 5.75 Å². The first-order valence-electron chi connectivity index (χ1n) is 9.16. The number of hydrogen-bond acceptors (Lipinski definition) is 5. The highest BCUT2D eigenvalue weighted by Crippen LogP contribution is 2.38. The van der Waals surface area contributed by atoms with Gasteiger partial charge in [-0.3, -0.25) is 4.79 Å². The number of anilines is 1. The van der Waals surface area contributed by atoms with Crippen molar-refractivity contribution in [2.75, 3.05) is 11.9 Å². The molecule has 1 aromatic heterocycles. The molecule has 0 saturated heterocycles. The van der Waals surface area contributed by atoms with Crippen LogP contribution in [0.15, 0.2) is 36.7 Å². The average molecular weight is 354 g/mol. The van der Waals surface area contributed by atoms with Gasteiger partial charge in [-0.05, 0) is 61.6 Å². The van der Waals surface area contributed by atoms with Crippen LogP contribution in [0.4, 0.5) is 5.69 Å². The van der Waals surface area contributed by atoms with Crippen molar-refractivity contribution in [1.29, 1.82) is 0 Å². The van der Waals surface area contributed by atoms with Crippen molar-refractivity contribution in [3.05, 3.63) is 42.2 Å². The molecule has 1 fully saturated rings. The summed E-state index contributed by atoms with van der Waals surface area (Å²) in [5, 5.41) is 3.03. The number of carbonyl (C=O) groups is 1. The van der Waals surface area contributed by atoms with Crippen LogP contribution in [0, 0.1) is 12.3 Å². The third kappa shape index (κ3) is 4.58. The highest BCUT2D eigenvalue weighted by atomic mass is 16.5. The van der Waals surface area contributed by atoms with Crippen molar-refractivity contribution in [1.82, 2.24) is 9.97 Å². The summed E-state index contributed by atoms with van der Waals surface area (Å²) in [5.74, 6) is 0.665. The Labute approximate surface area is 154 Å². The Balaban J connectivity index is 1.63. The Hall–Kier alpha value is -2.47. The number of aryl methyl sites for hydroxylation is 1. The lowest BCUT2D eigenvalue weighted by molar-refractivity contribution is -0.118. The number of ether oxygens (including phenoxy) is 1. The Morgan fingerprint density at radius 3 is 2.62 bits per heavy atom. The summed E-state index contributed by atoms with van der Waals surface area (Å²) in [6.45, 7) is 2.51. The molecule has 1 heterocycles. The van der Waals surface area contributed by atoms with E-state index in [1.165, 1.54) is 6.42 Å². The molecule has 0 aliphatic heterocycles. The summed E-state index contributed by atoms with van der Waals surface area (Å²) < 4.78 is 5.62. The molecule has 0 bridgehead atoms. The maximum atomic E-state index is 12.6. The molecule has 0 spiro atoms. The molecule has 1 aliphatic carbocycles. The van der Waals surface area contributed by atoms with E-state index >= 15 is 0 Å². The van der Waals surface area contributed by atoms with Gasteiger partial charge in [0.05, 0.1) is 0 Å². The first-order valence-corrected chi connectivity index (χ1v) is 9.16. The molecule has 1 amide bonds. The van der Waals surface area contributed by atoms with E-state index < -0.39 is 0 Å². The predicted octanol–water partition coefficient (Wildman–Crippen LogP) is 3.82. The van der Waals surface area contributed by atoms with E-state index in [9.17, 15) is 4.79 Å². The van der Waals surface area contributed by atoms with Crippen LogP contribution in [0.3, 0.4) is 0 Å². The lowest BCUT2D eigenvalue weighted by atomic mass is 9.71. The van der Waals surface area contributed by atoms with Gasteiger partial charge in [0.25, 0.3) is 0 Å². The number of nitrogens with zero attached hydrogens (tertiary/aromatic N) is 2. The van der Waals surface area contributed by atoms with Crippen LogP contribution in [-0.2, 0) is 4.79 Å². The molecule has 0 atom stereocenters. The zero-order valence-electron chi connectivity index (χ0n) is 15.2. The van der Waals surface area contributed by atoms with Crippen LogP contribution in [0.1, 0.15) is 44.1 Å². The zero-order chi connectivity index (χ0) is 18.4. The van der Waals surface area contributed by atoms with Gasteiger partial charge in [-0.15, -0.1) is 0 Å². The first-order chi connectivity index (χ1) is 12.6. The highest BCUT2D eigenvalue weighted by Gasteiger charge is 2.33. The topological polar surface area (TPSA) is 90.1 Å². The summed E-state index contributed by atoms with van der Waals surface area (Å²) in [6.07, 6.45) is 9.40. The number of benzene rings is 1. The summed E-state index contributed by atoms with van der Waals surface area (Å²) in [7, 11) is 0. The van der Waals surface area contributed by atoms with Crippen LogP contribution in [0.5, 0.6) is 11.8 Å². The minimum Gasteiger partial charge on any atom is -0.424 e. The number of aromatic nitrogens is 2. The molecule has 26 heavy (non-hydrogen) atoms. The number of amides is 1. The standard InChI is InChI=1S/C20H26N4O2/c1-15-12-16(26-19-22-10-5-11-23-19)6-7-17(15)24-18(25)13-20(14-21)8-3-2-4-9-20/h5-7,10-12H,2-4,8-9,13-14,21H2,1H3,(H,24,25). The van der Waals surface area contributed by atoms with Gasteiger partial charge in [-0.1, -0.05) is 19.3 Å².